The second-order valence-corrected chi connectivity index (χ2v) is 21.2. The number of aliphatic hydroxyl groups excluding tert-OH is 3. The van der Waals surface area contributed by atoms with E-state index in [4.69, 9.17) is 33.2 Å². The Morgan fingerprint density at radius 2 is 1.42 bits per heavy atom. The molecule has 5 saturated carbocycles. The summed E-state index contributed by atoms with van der Waals surface area (Å²) in [5.74, 6) is 0.286. The third kappa shape index (κ3) is 7.98. The monoisotopic (exact) mass is 846 g/mol. The number of hydrogen-bond acceptors (Lipinski definition) is 13. The molecule has 4 heterocycles. The van der Waals surface area contributed by atoms with E-state index in [9.17, 15) is 25.2 Å². The third-order valence-electron chi connectivity index (χ3n) is 17.9. The van der Waals surface area contributed by atoms with Crippen molar-refractivity contribution >= 4 is 5.97 Å². The molecule has 0 aromatic carbocycles. The fourth-order valence-corrected chi connectivity index (χ4v) is 14.6. The molecular weight excluding hydrogens is 771 g/mol. The van der Waals surface area contributed by atoms with Crippen molar-refractivity contribution in [3.63, 3.8) is 0 Å². The van der Waals surface area contributed by atoms with Gasteiger partial charge in [-0.1, -0.05) is 33.1 Å². The topological polar surface area (TPSA) is 166 Å². The van der Waals surface area contributed by atoms with Gasteiger partial charge in [-0.2, -0.15) is 0 Å². The zero-order valence-electron chi connectivity index (χ0n) is 36.8. The van der Waals surface area contributed by atoms with Crippen molar-refractivity contribution in [1.29, 1.82) is 0 Å². The van der Waals surface area contributed by atoms with Gasteiger partial charge in [0.2, 0.25) is 0 Å². The van der Waals surface area contributed by atoms with Gasteiger partial charge in [-0.15, -0.1) is 0 Å². The summed E-state index contributed by atoms with van der Waals surface area (Å²) in [5.41, 5.74) is -0.831. The highest BCUT2D eigenvalue weighted by Gasteiger charge is 2.71. The number of ether oxygens (including phenoxy) is 7. The largest absolute Gasteiger partial charge is 0.458 e. The lowest BCUT2D eigenvalue weighted by molar-refractivity contribution is -0.329. The number of cyclic esters (lactones) is 1. The molecule has 0 radical (unpaired) electrons. The molecule has 13 heteroatoms. The van der Waals surface area contributed by atoms with E-state index in [-0.39, 0.29) is 60.8 Å². The van der Waals surface area contributed by atoms with Crippen molar-refractivity contribution in [2.24, 2.45) is 34.5 Å². The number of carbonyl (C=O) groups excluding carboxylic acids is 1. The minimum atomic E-state index is -0.998. The highest BCUT2D eigenvalue weighted by Crippen LogP contribution is 2.70. The Balaban J connectivity index is 0.753. The summed E-state index contributed by atoms with van der Waals surface area (Å²) in [7, 11) is 0. The van der Waals surface area contributed by atoms with E-state index in [1.54, 1.807) is 6.08 Å². The van der Waals surface area contributed by atoms with Crippen LogP contribution in [0.25, 0.3) is 0 Å². The van der Waals surface area contributed by atoms with Gasteiger partial charge >= 0.3 is 5.97 Å². The molecule has 340 valence electrons. The van der Waals surface area contributed by atoms with Gasteiger partial charge in [0, 0.05) is 49.9 Å². The van der Waals surface area contributed by atoms with Crippen molar-refractivity contribution in [1.82, 2.24) is 4.90 Å². The number of esters is 1. The predicted molar refractivity (Wildman–Crippen MR) is 219 cm³/mol. The number of carbonyl (C=O) groups is 1. The molecule has 0 spiro atoms. The zero-order valence-corrected chi connectivity index (χ0v) is 36.8. The summed E-state index contributed by atoms with van der Waals surface area (Å²) in [5, 5.41) is 47.3. The van der Waals surface area contributed by atoms with E-state index in [2.05, 4.69) is 25.7 Å². The zero-order chi connectivity index (χ0) is 42.1. The van der Waals surface area contributed by atoms with Gasteiger partial charge < -0.3 is 53.6 Å². The van der Waals surface area contributed by atoms with Gasteiger partial charge in [0.1, 0.15) is 18.8 Å². The van der Waals surface area contributed by atoms with E-state index in [1.165, 1.54) is 32.1 Å². The van der Waals surface area contributed by atoms with Crippen LogP contribution in [0.4, 0.5) is 0 Å². The molecule has 0 aromatic heterocycles. The molecule has 5 aliphatic carbocycles. The first-order chi connectivity index (χ1) is 28.7. The van der Waals surface area contributed by atoms with Crippen molar-refractivity contribution in [3.05, 3.63) is 11.6 Å². The Kier molecular flexibility index (Phi) is 12.7. The standard InChI is InChI=1S/C47H75NO12/c1-26-24-48(31-9-7-6-8-10-31)18-15-40(55-26)59-43-27(2)57-42(23-37(43)50)60-44-28(3)56-41(22-36(44)49)58-32-13-16-45(4)30(20-32)11-12-34-35(45)21-38(51)46(5)33(14-17-47(34,46)53)29-19-39(52)54-25-29/h19,26-28,30-38,40-44,49-51,53H,6-18,20-25H2,1-5H3/t26?,27-,28-,30?,32-,33+,34?,35?,36-,37-,38-,40?,41-,42-,43+,44+,45-,46-,47-/m0/s1. The lowest BCUT2D eigenvalue weighted by atomic mass is 9.42. The Labute approximate surface area is 357 Å². The van der Waals surface area contributed by atoms with Crippen LogP contribution in [0.1, 0.15) is 137 Å². The van der Waals surface area contributed by atoms with Crippen LogP contribution in [-0.4, -0.2) is 136 Å². The van der Waals surface area contributed by atoms with E-state index in [1.807, 2.05) is 13.8 Å². The van der Waals surface area contributed by atoms with E-state index in [0.29, 0.717) is 24.8 Å². The Hall–Kier alpha value is -1.23. The van der Waals surface area contributed by atoms with Gasteiger partial charge in [0.25, 0.3) is 0 Å². The molecule has 13 nitrogen and oxygen atoms in total. The Bertz CT molecular complexity index is 1540. The van der Waals surface area contributed by atoms with Crippen LogP contribution in [0.15, 0.2) is 11.6 Å². The van der Waals surface area contributed by atoms with Gasteiger partial charge in [0.05, 0.1) is 48.3 Å². The SMILES string of the molecule is CC1CN(C2CCCCC2)CCC(O[C@@H]2[C@H](C)O[C@@H](O[C@@H]3[C@H](C)O[C@@H](O[C@H]4CC[C@@]5(C)C(CCC6C5C[C@H](O)[C@]5(C)[C@@H](C7=CC(=O)OC7)CC[C@]65O)C4)C[C@@H]3O)C[C@@H]2O)O1. The second-order valence-electron chi connectivity index (χ2n) is 21.2. The lowest BCUT2D eigenvalue weighted by Crippen LogP contribution is -2.67. The van der Waals surface area contributed by atoms with Crippen LogP contribution in [0.5, 0.6) is 0 Å². The summed E-state index contributed by atoms with van der Waals surface area (Å²) in [6, 6.07) is 0.622. The average Bonchev–Trinajstić information content (AvgIpc) is 3.69. The first kappa shape index (κ1) is 44.0. The van der Waals surface area contributed by atoms with Crippen molar-refractivity contribution < 1.29 is 58.4 Å². The molecule has 60 heavy (non-hydrogen) atoms. The maximum absolute atomic E-state index is 12.6. The van der Waals surface area contributed by atoms with Gasteiger partial charge in [-0.25, -0.2) is 4.79 Å². The maximum atomic E-state index is 12.6. The number of hydrogen-bond donors (Lipinski definition) is 4. The molecule has 4 N–H and O–H groups in total. The Morgan fingerprint density at radius 1 is 0.733 bits per heavy atom. The molecule has 3 saturated heterocycles. The summed E-state index contributed by atoms with van der Waals surface area (Å²) in [6.07, 6.45) is 9.77. The highest BCUT2D eigenvalue weighted by atomic mass is 16.7. The molecule has 0 bridgehead atoms. The summed E-state index contributed by atoms with van der Waals surface area (Å²) in [6.45, 7) is 12.4. The smallest absolute Gasteiger partial charge is 0.331 e. The van der Waals surface area contributed by atoms with E-state index in [0.717, 1.165) is 63.6 Å². The summed E-state index contributed by atoms with van der Waals surface area (Å²) >= 11 is 0. The fourth-order valence-electron chi connectivity index (χ4n) is 14.6. The summed E-state index contributed by atoms with van der Waals surface area (Å²) in [4.78, 5) is 14.6. The van der Waals surface area contributed by atoms with Crippen LogP contribution >= 0.6 is 0 Å². The van der Waals surface area contributed by atoms with Crippen LogP contribution < -0.4 is 0 Å². The number of aliphatic hydroxyl groups is 4. The van der Waals surface area contributed by atoms with Gasteiger partial charge in [-0.3, -0.25) is 4.90 Å². The molecule has 0 amide bonds. The quantitative estimate of drug-likeness (QED) is 0.188. The first-order valence-corrected chi connectivity index (χ1v) is 24.0. The minimum absolute atomic E-state index is 0.0172. The molecule has 19 atom stereocenters. The number of nitrogens with zero attached hydrogens (tertiary/aromatic N) is 1. The van der Waals surface area contributed by atoms with Gasteiger partial charge in [-0.05, 0) is 120 Å². The maximum Gasteiger partial charge on any atom is 0.331 e. The second kappa shape index (κ2) is 17.3. The fraction of sp³-hybridized carbons (Fsp3) is 0.936. The molecule has 0 aromatic rings. The molecule has 9 aliphatic rings. The predicted octanol–water partition coefficient (Wildman–Crippen LogP) is 5.13. The van der Waals surface area contributed by atoms with Crippen LogP contribution in [-0.2, 0) is 38.0 Å². The third-order valence-corrected chi connectivity index (χ3v) is 17.9. The van der Waals surface area contributed by atoms with Gasteiger partial charge in [0.15, 0.2) is 18.9 Å². The molecule has 4 aliphatic heterocycles. The van der Waals surface area contributed by atoms with Crippen molar-refractivity contribution in [2.75, 3.05) is 19.7 Å². The minimum Gasteiger partial charge on any atom is -0.458 e. The normalized spacial score (nSPS) is 51.8. The van der Waals surface area contributed by atoms with Crippen molar-refractivity contribution in [3.8, 4) is 0 Å². The van der Waals surface area contributed by atoms with Crippen LogP contribution in [0, 0.1) is 34.5 Å². The Morgan fingerprint density at radius 3 is 2.08 bits per heavy atom. The number of fused-ring (bicyclic) bond motifs is 5. The lowest BCUT2D eigenvalue weighted by Gasteiger charge is -2.65. The molecule has 9 rings (SSSR count). The van der Waals surface area contributed by atoms with Crippen molar-refractivity contribution in [2.45, 2.75) is 223 Å². The molecule has 8 fully saturated rings. The average molecular weight is 846 g/mol. The highest BCUT2D eigenvalue weighted by molar-refractivity contribution is 5.85. The molecule has 5 unspecified atom stereocenters. The summed E-state index contributed by atoms with van der Waals surface area (Å²) < 4.78 is 43.7. The number of rotatable bonds is 8. The van der Waals surface area contributed by atoms with E-state index < -0.39 is 72.6 Å². The molecular formula is C47H75NO12. The van der Waals surface area contributed by atoms with Crippen LogP contribution in [0.3, 0.4) is 0 Å². The first-order valence-electron chi connectivity index (χ1n) is 24.0. The van der Waals surface area contributed by atoms with E-state index >= 15 is 0 Å². The van der Waals surface area contributed by atoms with Crippen LogP contribution in [0.2, 0.25) is 0 Å².